The summed E-state index contributed by atoms with van der Waals surface area (Å²) in [5, 5.41) is 7.69. The number of piperidine rings is 1. The van der Waals surface area contributed by atoms with Gasteiger partial charge in [-0.15, -0.1) is 11.3 Å². The first kappa shape index (κ1) is 21.5. The minimum absolute atomic E-state index is 0.0423. The first-order valence-corrected chi connectivity index (χ1v) is 11.6. The minimum Gasteiger partial charge on any atom is -0.350 e. The van der Waals surface area contributed by atoms with Crippen LogP contribution < -0.4 is 10.6 Å². The quantitative estimate of drug-likeness (QED) is 0.649. The van der Waals surface area contributed by atoms with Crippen LogP contribution in [0, 0.1) is 5.92 Å². The zero-order chi connectivity index (χ0) is 21.8. The molecular formula is C23H28N4O3S. The number of rotatable bonds is 7. The minimum atomic E-state index is -0.376. The van der Waals surface area contributed by atoms with Crippen LogP contribution in [0.1, 0.15) is 46.6 Å². The second-order valence-corrected chi connectivity index (χ2v) is 9.27. The van der Waals surface area contributed by atoms with Crippen LogP contribution in [-0.2, 0) is 11.3 Å². The molecule has 0 aliphatic carbocycles. The summed E-state index contributed by atoms with van der Waals surface area (Å²) in [5.74, 6) is 0.405. The number of thiophene rings is 1. The van der Waals surface area contributed by atoms with Gasteiger partial charge in [-0.2, -0.15) is 0 Å². The van der Waals surface area contributed by atoms with Gasteiger partial charge in [-0.1, -0.05) is 25.1 Å². The number of likely N-dealkylation sites (tertiary alicyclic amines) is 1. The Bertz CT molecular complexity index is 905. The standard InChI is InChI=1S/C23H28N4O3S/c1-16-8-10-26(11-9-16)19(20-3-2-12-31-20)13-24-22(29)18-6-4-17(5-7-18)15-27-21(28)14-25-23(27)30/h2-7,12,16,19H,8-11,13-15H2,1H3,(H,24,29)(H,25,30)/t19-/m1/s1. The van der Waals surface area contributed by atoms with Gasteiger partial charge >= 0.3 is 6.03 Å². The molecule has 2 fully saturated rings. The van der Waals surface area contributed by atoms with Gasteiger partial charge in [0.15, 0.2) is 0 Å². The number of carbonyl (C=O) groups excluding carboxylic acids is 3. The summed E-state index contributed by atoms with van der Waals surface area (Å²) < 4.78 is 0. The first-order valence-electron chi connectivity index (χ1n) is 10.7. The topological polar surface area (TPSA) is 81.8 Å². The van der Waals surface area contributed by atoms with E-state index in [1.54, 1.807) is 35.6 Å². The van der Waals surface area contributed by atoms with E-state index in [0.29, 0.717) is 12.1 Å². The molecule has 2 aliphatic heterocycles. The molecule has 0 bridgehead atoms. The van der Waals surface area contributed by atoms with Gasteiger partial charge in [0.25, 0.3) is 5.91 Å². The number of hydrogen-bond acceptors (Lipinski definition) is 5. The Hall–Kier alpha value is -2.71. The lowest BCUT2D eigenvalue weighted by molar-refractivity contribution is -0.125. The monoisotopic (exact) mass is 440 g/mol. The van der Waals surface area contributed by atoms with E-state index in [2.05, 4.69) is 40.0 Å². The van der Waals surface area contributed by atoms with Crippen LogP contribution in [0.3, 0.4) is 0 Å². The van der Waals surface area contributed by atoms with E-state index in [1.807, 2.05) is 0 Å². The number of amides is 4. The van der Waals surface area contributed by atoms with Crippen molar-refractivity contribution in [1.29, 1.82) is 0 Å². The van der Waals surface area contributed by atoms with Gasteiger partial charge in [0.2, 0.25) is 5.91 Å². The first-order chi connectivity index (χ1) is 15.0. The fraction of sp³-hybridized carbons (Fsp3) is 0.435. The number of hydrogen-bond donors (Lipinski definition) is 2. The van der Waals surface area contributed by atoms with Crippen LogP contribution >= 0.6 is 11.3 Å². The van der Waals surface area contributed by atoms with E-state index < -0.39 is 0 Å². The molecule has 31 heavy (non-hydrogen) atoms. The average Bonchev–Trinajstić information content (AvgIpc) is 3.41. The highest BCUT2D eigenvalue weighted by atomic mass is 32.1. The molecule has 0 radical (unpaired) electrons. The van der Waals surface area contributed by atoms with Crippen molar-refractivity contribution in [2.45, 2.75) is 32.4 Å². The largest absolute Gasteiger partial charge is 0.350 e. The van der Waals surface area contributed by atoms with Gasteiger partial charge in [-0.25, -0.2) is 4.79 Å². The molecule has 2 saturated heterocycles. The summed E-state index contributed by atoms with van der Waals surface area (Å²) in [4.78, 5) is 41.1. The molecule has 4 rings (SSSR count). The summed E-state index contributed by atoms with van der Waals surface area (Å²) in [6.07, 6.45) is 2.38. The second-order valence-electron chi connectivity index (χ2n) is 8.30. The maximum atomic E-state index is 12.8. The van der Waals surface area contributed by atoms with Crippen LogP contribution in [0.4, 0.5) is 4.79 Å². The third-order valence-electron chi connectivity index (χ3n) is 6.08. The van der Waals surface area contributed by atoms with Crippen molar-refractivity contribution in [3.05, 3.63) is 57.8 Å². The van der Waals surface area contributed by atoms with Gasteiger partial charge in [0.05, 0.1) is 19.1 Å². The van der Waals surface area contributed by atoms with Crippen LogP contribution in [0.2, 0.25) is 0 Å². The zero-order valence-corrected chi connectivity index (χ0v) is 18.5. The maximum Gasteiger partial charge on any atom is 0.324 e. The van der Waals surface area contributed by atoms with E-state index in [0.717, 1.165) is 24.6 Å². The van der Waals surface area contributed by atoms with E-state index in [-0.39, 0.29) is 37.0 Å². The average molecular weight is 441 g/mol. The number of benzene rings is 1. The molecule has 2 N–H and O–H groups in total. The lowest BCUT2D eigenvalue weighted by atomic mass is 9.97. The van der Waals surface area contributed by atoms with E-state index in [1.165, 1.54) is 22.6 Å². The van der Waals surface area contributed by atoms with Crippen molar-refractivity contribution < 1.29 is 14.4 Å². The molecule has 0 saturated carbocycles. The number of nitrogens with one attached hydrogen (secondary N) is 2. The number of imide groups is 1. The highest BCUT2D eigenvalue weighted by molar-refractivity contribution is 7.10. The Morgan fingerprint density at radius 2 is 1.94 bits per heavy atom. The molecule has 4 amide bonds. The lowest BCUT2D eigenvalue weighted by Crippen LogP contribution is -2.41. The highest BCUT2D eigenvalue weighted by Crippen LogP contribution is 2.29. The summed E-state index contributed by atoms with van der Waals surface area (Å²) >= 11 is 1.73. The van der Waals surface area contributed by atoms with E-state index in [9.17, 15) is 14.4 Å². The Morgan fingerprint density at radius 3 is 2.55 bits per heavy atom. The van der Waals surface area contributed by atoms with Crippen molar-refractivity contribution in [1.82, 2.24) is 20.4 Å². The molecule has 1 aromatic heterocycles. The molecule has 0 unspecified atom stereocenters. The molecule has 1 atom stereocenters. The predicted molar refractivity (Wildman–Crippen MR) is 120 cm³/mol. The summed E-state index contributed by atoms with van der Waals surface area (Å²) in [7, 11) is 0. The second kappa shape index (κ2) is 9.62. The van der Waals surface area contributed by atoms with Gasteiger partial charge in [-0.05, 0) is 61.0 Å². The maximum absolute atomic E-state index is 12.8. The van der Waals surface area contributed by atoms with Gasteiger partial charge in [0, 0.05) is 17.0 Å². The molecule has 3 heterocycles. The van der Waals surface area contributed by atoms with Gasteiger partial charge in [-0.3, -0.25) is 19.4 Å². The lowest BCUT2D eigenvalue weighted by Gasteiger charge is -2.36. The number of nitrogens with zero attached hydrogens (tertiary/aromatic N) is 2. The molecule has 2 aromatic rings. The Labute approximate surface area is 186 Å². The van der Waals surface area contributed by atoms with Crippen molar-refractivity contribution in [3.63, 3.8) is 0 Å². The number of carbonyl (C=O) groups is 3. The molecule has 1 aromatic carbocycles. The van der Waals surface area contributed by atoms with Gasteiger partial charge < -0.3 is 10.6 Å². The normalized spacial score (nSPS) is 18.8. The Balaban J connectivity index is 1.36. The highest BCUT2D eigenvalue weighted by Gasteiger charge is 2.28. The van der Waals surface area contributed by atoms with Crippen molar-refractivity contribution in [3.8, 4) is 0 Å². The summed E-state index contributed by atoms with van der Waals surface area (Å²) in [5.41, 5.74) is 1.37. The van der Waals surface area contributed by atoms with Crippen molar-refractivity contribution in [2.75, 3.05) is 26.2 Å². The Morgan fingerprint density at radius 1 is 1.19 bits per heavy atom. The zero-order valence-electron chi connectivity index (χ0n) is 17.7. The predicted octanol–water partition coefficient (Wildman–Crippen LogP) is 3.00. The van der Waals surface area contributed by atoms with Crippen molar-refractivity contribution >= 4 is 29.2 Å². The summed E-state index contributed by atoms with van der Waals surface area (Å²) in [6.45, 7) is 5.22. The van der Waals surface area contributed by atoms with Crippen LogP contribution in [0.5, 0.6) is 0 Å². The van der Waals surface area contributed by atoms with Crippen LogP contribution in [0.15, 0.2) is 41.8 Å². The van der Waals surface area contributed by atoms with E-state index >= 15 is 0 Å². The number of urea groups is 1. The summed E-state index contributed by atoms with van der Waals surface area (Å²) in [6, 6.07) is 11.1. The Kier molecular flexibility index (Phi) is 6.67. The van der Waals surface area contributed by atoms with Crippen molar-refractivity contribution in [2.24, 2.45) is 5.92 Å². The molecule has 2 aliphatic rings. The molecular weight excluding hydrogens is 412 g/mol. The molecule has 8 heteroatoms. The molecule has 164 valence electrons. The fourth-order valence-electron chi connectivity index (χ4n) is 4.08. The van der Waals surface area contributed by atoms with E-state index in [4.69, 9.17) is 0 Å². The third kappa shape index (κ3) is 5.14. The SMILES string of the molecule is CC1CCN([C@H](CNC(=O)c2ccc(CN3C(=O)CNC3=O)cc2)c2cccs2)CC1. The molecule has 7 nitrogen and oxygen atoms in total. The molecule has 0 spiro atoms. The van der Waals surface area contributed by atoms with Crippen LogP contribution in [0.25, 0.3) is 0 Å². The van der Waals surface area contributed by atoms with Crippen LogP contribution in [-0.4, -0.2) is 53.8 Å². The smallest absolute Gasteiger partial charge is 0.324 e. The fourth-order valence-corrected chi connectivity index (χ4v) is 4.94. The third-order valence-corrected chi connectivity index (χ3v) is 7.05. The van der Waals surface area contributed by atoms with Gasteiger partial charge in [0.1, 0.15) is 0 Å².